The van der Waals surface area contributed by atoms with E-state index < -0.39 is 6.10 Å². The molecule has 2 aromatic rings. The van der Waals surface area contributed by atoms with Crippen LogP contribution in [0.2, 0.25) is 0 Å². The summed E-state index contributed by atoms with van der Waals surface area (Å²) < 4.78 is 7.38. The van der Waals surface area contributed by atoms with Gasteiger partial charge < -0.3 is 14.4 Å². The zero-order valence-corrected chi connectivity index (χ0v) is 10.3. The molecule has 0 aliphatic heterocycles. The molecule has 1 heterocycles. The maximum Gasteiger partial charge on any atom is 0.138 e. The lowest BCUT2D eigenvalue weighted by molar-refractivity contribution is 0.134. The Balaban J connectivity index is 2.37. The van der Waals surface area contributed by atoms with Gasteiger partial charge in [0.2, 0.25) is 0 Å². The smallest absolute Gasteiger partial charge is 0.138 e. The highest BCUT2D eigenvalue weighted by atomic mass is 16.5. The van der Waals surface area contributed by atoms with E-state index >= 15 is 0 Å². The molecule has 2 rings (SSSR count). The van der Waals surface area contributed by atoms with E-state index in [4.69, 9.17) is 4.74 Å². The average molecular weight is 234 g/mol. The third-order valence-electron chi connectivity index (χ3n) is 2.72. The summed E-state index contributed by atoms with van der Waals surface area (Å²) >= 11 is 0. The highest BCUT2D eigenvalue weighted by Gasteiger charge is 2.13. The molecule has 4 heteroatoms. The Labute approximate surface area is 101 Å². The van der Waals surface area contributed by atoms with Gasteiger partial charge in [0.15, 0.2) is 0 Å². The molecule has 0 amide bonds. The van der Waals surface area contributed by atoms with Gasteiger partial charge in [0.05, 0.1) is 17.6 Å². The Morgan fingerprint density at radius 1 is 1.41 bits per heavy atom. The maximum absolute atomic E-state index is 9.74. The maximum atomic E-state index is 9.74. The van der Waals surface area contributed by atoms with E-state index in [0.29, 0.717) is 25.6 Å². The molecule has 0 bridgehead atoms. The third kappa shape index (κ3) is 2.48. The summed E-state index contributed by atoms with van der Waals surface area (Å²) in [6.07, 6.45) is -0.566. The number of para-hydroxylation sites is 2. The molecule has 0 aliphatic rings. The van der Waals surface area contributed by atoms with Crippen LogP contribution in [0.5, 0.6) is 0 Å². The van der Waals surface area contributed by atoms with E-state index in [1.165, 1.54) is 0 Å². The minimum atomic E-state index is -0.566. The molecule has 0 unspecified atom stereocenters. The number of ether oxygens (including phenoxy) is 1. The summed E-state index contributed by atoms with van der Waals surface area (Å²) in [5.41, 5.74) is 1.96. The fraction of sp³-hybridized carbons (Fsp3) is 0.462. The van der Waals surface area contributed by atoms with E-state index in [-0.39, 0.29) is 0 Å². The Kier molecular flexibility index (Phi) is 3.76. The van der Waals surface area contributed by atoms with Crippen molar-refractivity contribution in [1.82, 2.24) is 9.55 Å². The van der Waals surface area contributed by atoms with Crippen LogP contribution in [0.4, 0.5) is 0 Å². The lowest BCUT2D eigenvalue weighted by atomic mass is 10.3. The topological polar surface area (TPSA) is 47.3 Å². The minimum Gasteiger partial charge on any atom is -0.385 e. The molecule has 1 aromatic carbocycles. The molecule has 17 heavy (non-hydrogen) atoms. The summed E-state index contributed by atoms with van der Waals surface area (Å²) in [5.74, 6) is 0.700. The summed E-state index contributed by atoms with van der Waals surface area (Å²) in [6, 6.07) is 7.90. The number of benzene rings is 1. The largest absolute Gasteiger partial charge is 0.385 e. The number of aliphatic hydroxyl groups is 1. The Morgan fingerprint density at radius 3 is 2.88 bits per heavy atom. The lowest BCUT2D eigenvalue weighted by Crippen LogP contribution is -2.11. The van der Waals surface area contributed by atoms with Crippen molar-refractivity contribution in [3.8, 4) is 0 Å². The molecule has 92 valence electrons. The third-order valence-corrected chi connectivity index (χ3v) is 2.72. The molecule has 0 saturated heterocycles. The van der Waals surface area contributed by atoms with Crippen LogP contribution in [0.15, 0.2) is 24.3 Å². The van der Waals surface area contributed by atoms with Crippen LogP contribution in [0.3, 0.4) is 0 Å². The quantitative estimate of drug-likeness (QED) is 0.806. The lowest BCUT2D eigenvalue weighted by Gasteiger charge is -2.10. The molecule has 1 aromatic heterocycles. The van der Waals surface area contributed by atoms with Crippen LogP contribution >= 0.6 is 0 Å². The zero-order valence-electron chi connectivity index (χ0n) is 10.3. The van der Waals surface area contributed by atoms with Crippen LogP contribution in [-0.2, 0) is 11.3 Å². The summed E-state index contributed by atoms with van der Waals surface area (Å²) in [7, 11) is 0. The summed E-state index contributed by atoms with van der Waals surface area (Å²) in [4.78, 5) is 4.45. The number of hydrogen-bond acceptors (Lipinski definition) is 3. The number of aliphatic hydroxyl groups excluding tert-OH is 1. The molecule has 4 nitrogen and oxygen atoms in total. The molecule has 0 spiro atoms. The molecule has 0 radical (unpaired) electrons. The van der Waals surface area contributed by atoms with E-state index in [2.05, 4.69) is 4.98 Å². The van der Waals surface area contributed by atoms with Gasteiger partial charge in [-0.25, -0.2) is 4.98 Å². The van der Waals surface area contributed by atoms with Gasteiger partial charge in [0.25, 0.3) is 0 Å². The van der Waals surface area contributed by atoms with Crippen LogP contribution in [-0.4, -0.2) is 27.9 Å². The van der Waals surface area contributed by atoms with Gasteiger partial charge in [-0.1, -0.05) is 12.1 Å². The van der Waals surface area contributed by atoms with Gasteiger partial charge in [-0.05, 0) is 26.0 Å². The van der Waals surface area contributed by atoms with Crippen LogP contribution in [0.25, 0.3) is 11.0 Å². The van der Waals surface area contributed by atoms with Crippen LogP contribution < -0.4 is 0 Å². The molecule has 0 aliphatic carbocycles. The molecule has 0 saturated carbocycles. The van der Waals surface area contributed by atoms with E-state index in [9.17, 15) is 5.11 Å². The first-order valence-electron chi connectivity index (χ1n) is 5.95. The zero-order chi connectivity index (χ0) is 12.3. The SMILES string of the molecule is CCOCCn1c([C@H](C)O)nc2ccccc21. The average Bonchev–Trinajstić information content (AvgIpc) is 2.69. The number of imidazole rings is 1. The van der Waals surface area contributed by atoms with Crippen molar-refractivity contribution in [3.05, 3.63) is 30.1 Å². The summed E-state index contributed by atoms with van der Waals surface area (Å²) in [6.45, 7) is 5.77. The molecule has 0 fully saturated rings. The Bertz CT molecular complexity index is 491. The first-order chi connectivity index (χ1) is 8.24. The van der Waals surface area contributed by atoms with Gasteiger partial charge in [0.1, 0.15) is 11.9 Å². The molecule has 1 N–H and O–H groups in total. The minimum absolute atomic E-state index is 0.566. The van der Waals surface area contributed by atoms with Gasteiger partial charge >= 0.3 is 0 Å². The van der Waals surface area contributed by atoms with Crippen molar-refractivity contribution < 1.29 is 9.84 Å². The first-order valence-corrected chi connectivity index (χ1v) is 5.95. The number of hydrogen-bond donors (Lipinski definition) is 1. The number of aromatic nitrogens is 2. The van der Waals surface area contributed by atoms with Gasteiger partial charge in [-0.3, -0.25) is 0 Å². The number of rotatable bonds is 5. The van der Waals surface area contributed by atoms with Gasteiger partial charge in [0, 0.05) is 13.2 Å². The summed E-state index contributed by atoms with van der Waals surface area (Å²) in [5, 5.41) is 9.74. The van der Waals surface area contributed by atoms with Crippen molar-refractivity contribution in [2.24, 2.45) is 0 Å². The van der Waals surface area contributed by atoms with Crippen molar-refractivity contribution >= 4 is 11.0 Å². The fourth-order valence-electron chi connectivity index (χ4n) is 1.95. The molecular weight excluding hydrogens is 216 g/mol. The second-order valence-corrected chi connectivity index (χ2v) is 3.98. The van der Waals surface area contributed by atoms with E-state index in [1.54, 1.807) is 6.92 Å². The van der Waals surface area contributed by atoms with Crippen molar-refractivity contribution in [1.29, 1.82) is 0 Å². The second-order valence-electron chi connectivity index (χ2n) is 3.98. The predicted octanol–water partition coefficient (Wildman–Crippen LogP) is 2.13. The predicted molar refractivity (Wildman–Crippen MR) is 66.9 cm³/mol. The normalized spacial score (nSPS) is 13.1. The fourth-order valence-corrected chi connectivity index (χ4v) is 1.95. The van der Waals surface area contributed by atoms with Crippen LogP contribution in [0.1, 0.15) is 25.8 Å². The molecule has 1 atom stereocenters. The Hall–Kier alpha value is -1.39. The van der Waals surface area contributed by atoms with E-state index in [0.717, 1.165) is 11.0 Å². The van der Waals surface area contributed by atoms with Gasteiger partial charge in [-0.15, -0.1) is 0 Å². The standard InChI is InChI=1S/C13H18N2O2/c1-3-17-9-8-15-12-7-5-4-6-11(12)14-13(15)10(2)16/h4-7,10,16H,3,8-9H2,1-2H3/t10-/m0/s1. The van der Waals surface area contributed by atoms with Crippen molar-refractivity contribution in [2.45, 2.75) is 26.5 Å². The monoisotopic (exact) mass is 234 g/mol. The first kappa shape index (κ1) is 12.1. The van der Waals surface area contributed by atoms with Crippen molar-refractivity contribution in [3.63, 3.8) is 0 Å². The highest BCUT2D eigenvalue weighted by molar-refractivity contribution is 5.75. The second kappa shape index (κ2) is 5.29. The highest BCUT2D eigenvalue weighted by Crippen LogP contribution is 2.20. The number of fused-ring (bicyclic) bond motifs is 1. The van der Waals surface area contributed by atoms with Crippen molar-refractivity contribution in [2.75, 3.05) is 13.2 Å². The van der Waals surface area contributed by atoms with E-state index in [1.807, 2.05) is 35.8 Å². The van der Waals surface area contributed by atoms with Crippen LogP contribution in [0, 0.1) is 0 Å². The number of nitrogens with zero attached hydrogens (tertiary/aromatic N) is 2. The molecular formula is C13H18N2O2. The van der Waals surface area contributed by atoms with Gasteiger partial charge in [-0.2, -0.15) is 0 Å². The Morgan fingerprint density at radius 2 is 2.18 bits per heavy atom.